The second kappa shape index (κ2) is 7.73. The van der Waals surface area contributed by atoms with Crippen LogP contribution in [0.5, 0.6) is 0 Å². The summed E-state index contributed by atoms with van der Waals surface area (Å²) in [6.07, 6.45) is -0.745. The highest BCUT2D eigenvalue weighted by atomic mass is 32.2. The summed E-state index contributed by atoms with van der Waals surface area (Å²) < 4.78 is 5.77. The minimum Gasteiger partial charge on any atom is -0.478 e. The number of aliphatic carboxylic acids is 1. The van der Waals surface area contributed by atoms with Gasteiger partial charge in [0.15, 0.2) is 6.10 Å². The van der Waals surface area contributed by atoms with Crippen molar-refractivity contribution in [3.63, 3.8) is 0 Å². The van der Waals surface area contributed by atoms with Crippen LogP contribution in [0.25, 0.3) is 0 Å². The number of benzene rings is 2. The minimum atomic E-state index is -1.26. The molecule has 148 valence electrons. The zero-order chi connectivity index (χ0) is 20.5. The van der Waals surface area contributed by atoms with Crippen molar-refractivity contribution in [1.82, 2.24) is 4.90 Å². The van der Waals surface area contributed by atoms with Gasteiger partial charge in [0.2, 0.25) is 5.91 Å². The highest BCUT2D eigenvalue weighted by Gasteiger charge is 2.53. The summed E-state index contributed by atoms with van der Waals surface area (Å²) in [6.45, 7) is 0. The molecule has 0 spiro atoms. The molecule has 2 heterocycles. The number of amides is 1. The molecule has 29 heavy (non-hydrogen) atoms. The van der Waals surface area contributed by atoms with Crippen molar-refractivity contribution in [2.24, 2.45) is 5.73 Å². The fourth-order valence-corrected chi connectivity index (χ4v) is 4.70. The first-order chi connectivity index (χ1) is 14.0. The fraction of sp³-hybridized carbons (Fsp3) is 0.190. The van der Waals surface area contributed by atoms with Crippen molar-refractivity contribution in [3.8, 4) is 0 Å². The van der Waals surface area contributed by atoms with Crippen LogP contribution >= 0.6 is 11.8 Å². The molecule has 1 amide bonds. The number of carbonyl (C=O) groups is 3. The van der Waals surface area contributed by atoms with Gasteiger partial charge in [-0.05, 0) is 11.1 Å². The number of hydrogen-bond donors (Lipinski definition) is 2. The van der Waals surface area contributed by atoms with Gasteiger partial charge in [-0.1, -0.05) is 60.7 Å². The summed E-state index contributed by atoms with van der Waals surface area (Å²) >= 11 is 1.23. The van der Waals surface area contributed by atoms with Gasteiger partial charge in [0.1, 0.15) is 17.1 Å². The quantitative estimate of drug-likeness (QED) is 0.572. The molecule has 2 aliphatic rings. The third kappa shape index (κ3) is 3.41. The Morgan fingerprint density at radius 2 is 1.62 bits per heavy atom. The Bertz CT molecular complexity index is 953. The van der Waals surface area contributed by atoms with E-state index in [4.69, 9.17) is 10.5 Å². The summed E-state index contributed by atoms with van der Waals surface area (Å²) in [5, 5.41) is 9.10. The Hall–Kier alpha value is -3.10. The Kier molecular flexibility index (Phi) is 5.12. The minimum absolute atomic E-state index is 0.0727. The number of fused-ring (bicyclic) bond motifs is 1. The maximum absolute atomic E-state index is 13.1. The first-order valence-electron chi connectivity index (χ1n) is 8.96. The highest BCUT2D eigenvalue weighted by molar-refractivity contribution is 8.00. The molecule has 0 aromatic heterocycles. The predicted molar refractivity (Wildman–Crippen MR) is 107 cm³/mol. The van der Waals surface area contributed by atoms with Gasteiger partial charge in [-0.15, -0.1) is 11.8 Å². The molecule has 4 rings (SSSR count). The number of carboxylic acid groups (broad SMARTS) is 1. The van der Waals surface area contributed by atoms with Crippen LogP contribution in [0.4, 0.5) is 0 Å². The fourth-order valence-electron chi connectivity index (χ4n) is 3.42. The third-order valence-corrected chi connectivity index (χ3v) is 6.19. The van der Waals surface area contributed by atoms with E-state index in [0.717, 1.165) is 16.0 Å². The molecular formula is C21H18N2O5S. The molecule has 2 aromatic rings. The van der Waals surface area contributed by atoms with Crippen molar-refractivity contribution in [2.45, 2.75) is 17.5 Å². The molecule has 2 atom stereocenters. The zero-order valence-electron chi connectivity index (χ0n) is 15.2. The van der Waals surface area contributed by atoms with E-state index in [0.29, 0.717) is 0 Å². The molecule has 8 heteroatoms. The van der Waals surface area contributed by atoms with Crippen molar-refractivity contribution >= 4 is 29.6 Å². The lowest BCUT2D eigenvalue weighted by Crippen LogP contribution is -2.68. The van der Waals surface area contributed by atoms with Crippen LogP contribution < -0.4 is 5.73 Å². The molecule has 0 saturated carbocycles. The lowest BCUT2D eigenvalue weighted by Gasteiger charge is -2.47. The summed E-state index contributed by atoms with van der Waals surface area (Å²) in [4.78, 5) is 38.2. The molecule has 3 N–H and O–H groups in total. The Morgan fingerprint density at radius 3 is 2.14 bits per heavy atom. The topological polar surface area (TPSA) is 110 Å². The monoisotopic (exact) mass is 410 g/mol. The van der Waals surface area contributed by atoms with Crippen LogP contribution in [0.3, 0.4) is 0 Å². The van der Waals surface area contributed by atoms with Crippen molar-refractivity contribution < 1.29 is 24.2 Å². The van der Waals surface area contributed by atoms with E-state index in [2.05, 4.69) is 0 Å². The molecule has 1 saturated heterocycles. The van der Waals surface area contributed by atoms with Crippen molar-refractivity contribution in [3.05, 3.63) is 83.1 Å². The number of β-lactam (4-membered cyclic amide) rings is 1. The molecule has 0 radical (unpaired) electrons. The number of ether oxygens (including phenoxy) is 1. The van der Waals surface area contributed by atoms with Gasteiger partial charge in [0.05, 0.1) is 5.57 Å². The molecule has 1 fully saturated rings. The molecule has 1 unspecified atom stereocenters. The predicted octanol–water partition coefficient (Wildman–Crippen LogP) is 1.90. The van der Waals surface area contributed by atoms with Gasteiger partial charge in [-0.2, -0.15) is 0 Å². The summed E-state index contributed by atoms with van der Waals surface area (Å²) in [7, 11) is 0. The number of nitrogens with zero attached hydrogens (tertiary/aromatic N) is 1. The molecule has 2 aromatic carbocycles. The smallest absolute Gasteiger partial charge is 0.356 e. The normalized spacial score (nSPS) is 20.9. The number of esters is 1. The lowest BCUT2D eigenvalue weighted by molar-refractivity contribution is -0.153. The van der Waals surface area contributed by atoms with E-state index in [1.165, 1.54) is 11.8 Å². The average Bonchev–Trinajstić information content (AvgIpc) is 2.76. The maximum Gasteiger partial charge on any atom is 0.356 e. The Morgan fingerprint density at radius 1 is 1.07 bits per heavy atom. The Labute approximate surface area is 171 Å². The summed E-state index contributed by atoms with van der Waals surface area (Å²) in [5.41, 5.74) is 6.89. The maximum atomic E-state index is 13.1. The van der Waals surface area contributed by atoms with Crippen LogP contribution in [-0.2, 0) is 19.1 Å². The van der Waals surface area contributed by atoms with E-state index >= 15 is 0 Å². The van der Waals surface area contributed by atoms with Crippen LogP contribution in [0, 0.1) is 0 Å². The average molecular weight is 410 g/mol. The van der Waals surface area contributed by atoms with Gasteiger partial charge >= 0.3 is 11.9 Å². The Balaban J connectivity index is 1.71. The van der Waals surface area contributed by atoms with Gasteiger partial charge in [0, 0.05) is 5.75 Å². The summed E-state index contributed by atoms with van der Waals surface area (Å²) in [5.74, 6) is -2.52. The van der Waals surface area contributed by atoms with E-state index in [9.17, 15) is 19.5 Å². The second-order valence-electron chi connectivity index (χ2n) is 6.67. The van der Waals surface area contributed by atoms with Crippen LogP contribution in [0.1, 0.15) is 17.2 Å². The summed E-state index contributed by atoms with van der Waals surface area (Å²) in [6, 6.07) is 17.5. The number of thioether (sulfide) groups is 1. The van der Waals surface area contributed by atoms with Crippen LogP contribution in [-0.4, -0.2) is 45.0 Å². The molecule has 7 nitrogen and oxygen atoms in total. The molecule has 0 aliphatic carbocycles. The van der Waals surface area contributed by atoms with Crippen molar-refractivity contribution in [2.75, 3.05) is 5.75 Å². The number of rotatable bonds is 5. The largest absolute Gasteiger partial charge is 0.478 e. The number of carbonyl (C=O) groups excluding carboxylic acids is 2. The van der Waals surface area contributed by atoms with Crippen LogP contribution in [0.2, 0.25) is 0 Å². The zero-order valence-corrected chi connectivity index (χ0v) is 16.0. The van der Waals surface area contributed by atoms with Crippen molar-refractivity contribution in [1.29, 1.82) is 0 Å². The van der Waals surface area contributed by atoms with E-state index in [1.807, 2.05) is 60.7 Å². The van der Waals surface area contributed by atoms with Gasteiger partial charge in [-0.3, -0.25) is 9.69 Å². The van der Waals surface area contributed by atoms with E-state index in [1.54, 1.807) is 0 Å². The molecule has 0 bridgehead atoms. The first kappa shape index (κ1) is 19.2. The standard InChI is InChI=1S/C21H18N2O5S/c22-15-18(24)23-16(14(20(25)26)11-29-19(15)23)21(27)28-17(12-7-3-1-4-8-12)13-9-5-2-6-10-13/h1-10,15,17,19H,11,22H2,(H,25,26)/t15?,19-/m0/s1. The highest BCUT2D eigenvalue weighted by Crippen LogP contribution is 2.40. The third-order valence-electron chi connectivity index (χ3n) is 4.89. The second-order valence-corrected chi connectivity index (χ2v) is 7.78. The molecular weight excluding hydrogens is 392 g/mol. The molecule has 2 aliphatic heterocycles. The van der Waals surface area contributed by atoms with E-state index < -0.39 is 35.4 Å². The van der Waals surface area contributed by atoms with E-state index in [-0.39, 0.29) is 17.0 Å². The van der Waals surface area contributed by atoms with Gasteiger partial charge in [0.25, 0.3) is 0 Å². The van der Waals surface area contributed by atoms with Gasteiger partial charge < -0.3 is 15.6 Å². The SMILES string of the molecule is NC1C(=O)N2C(C(=O)OC(c3ccccc3)c3ccccc3)=C(C(=O)O)CS[C@@H]12. The van der Waals surface area contributed by atoms with Gasteiger partial charge in [-0.25, -0.2) is 9.59 Å². The number of nitrogens with two attached hydrogens (primary N) is 1. The first-order valence-corrected chi connectivity index (χ1v) is 10.0. The number of carboxylic acids is 1. The lowest BCUT2D eigenvalue weighted by atomic mass is 10.0. The van der Waals surface area contributed by atoms with Crippen LogP contribution in [0.15, 0.2) is 71.9 Å². The number of hydrogen-bond acceptors (Lipinski definition) is 6.